The highest BCUT2D eigenvalue weighted by Gasteiger charge is 2.35. The molecule has 182 valence electrons. The van der Waals surface area contributed by atoms with Gasteiger partial charge in [-0.3, -0.25) is 4.79 Å². The van der Waals surface area contributed by atoms with Crippen LogP contribution >= 0.6 is 11.8 Å². The highest BCUT2D eigenvalue weighted by molar-refractivity contribution is 7.98. The molecule has 0 spiro atoms. The Labute approximate surface area is 213 Å². The Kier molecular flexibility index (Phi) is 6.61. The lowest BCUT2D eigenvalue weighted by Crippen LogP contribution is -2.33. The first kappa shape index (κ1) is 23.8. The van der Waals surface area contributed by atoms with Crippen LogP contribution in [0.4, 0.5) is 0 Å². The van der Waals surface area contributed by atoms with E-state index < -0.39 is 11.6 Å². The van der Waals surface area contributed by atoms with Gasteiger partial charge in [0, 0.05) is 47.5 Å². The zero-order valence-electron chi connectivity index (χ0n) is 19.7. The fraction of sp³-hybridized carbons (Fsp3) is 0.214. The number of nitrogens with one attached hydrogen (secondary N) is 1. The van der Waals surface area contributed by atoms with Crippen LogP contribution in [0.15, 0.2) is 78.2 Å². The molecule has 0 bridgehead atoms. The Morgan fingerprint density at radius 3 is 2.67 bits per heavy atom. The van der Waals surface area contributed by atoms with Gasteiger partial charge in [0.25, 0.3) is 0 Å². The number of hydrogen-bond acceptors (Lipinski definition) is 6. The number of fused-ring (bicyclic) bond motifs is 1. The van der Waals surface area contributed by atoms with E-state index in [1.165, 1.54) is 11.8 Å². The van der Waals surface area contributed by atoms with E-state index in [4.69, 9.17) is 4.74 Å². The summed E-state index contributed by atoms with van der Waals surface area (Å²) in [5, 5.41) is 10.0. The molecule has 2 heterocycles. The molecule has 1 atom stereocenters. The first-order valence-corrected chi connectivity index (χ1v) is 12.7. The molecular weight excluding hydrogens is 474 g/mol. The maximum Gasteiger partial charge on any atom is 0.338 e. The zero-order valence-corrected chi connectivity index (χ0v) is 20.5. The Hall–Kier alpha value is -3.91. The summed E-state index contributed by atoms with van der Waals surface area (Å²) in [6, 6.07) is 16.7. The van der Waals surface area contributed by atoms with Crippen LogP contribution in [-0.2, 0) is 17.8 Å². The van der Waals surface area contributed by atoms with Crippen molar-refractivity contribution in [2.45, 2.75) is 42.6 Å². The summed E-state index contributed by atoms with van der Waals surface area (Å²) in [6.45, 7) is 1.96. The van der Waals surface area contributed by atoms with Crippen LogP contribution < -0.4 is 4.74 Å². The third kappa shape index (κ3) is 4.52. The quantitative estimate of drug-likeness (QED) is 0.302. The summed E-state index contributed by atoms with van der Waals surface area (Å²) in [5.41, 5.74) is 2.69. The molecule has 0 aliphatic heterocycles. The van der Waals surface area contributed by atoms with Crippen LogP contribution in [0, 0.1) is 0 Å². The van der Waals surface area contributed by atoms with Gasteiger partial charge < -0.3 is 14.8 Å². The molecule has 2 aromatic carbocycles. The van der Waals surface area contributed by atoms with Gasteiger partial charge in [-0.1, -0.05) is 30.3 Å². The van der Waals surface area contributed by atoms with Crippen LogP contribution in [0.1, 0.15) is 63.0 Å². The third-order valence-corrected chi connectivity index (χ3v) is 7.49. The van der Waals surface area contributed by atoms with Gasteiger partial charge in [-0.05, 0) is 49.6 Å². The van der Waals surface area contributed by atoms with Gasteiger partial charge in [0.15, 0.2) is 17.2 Å². The average Bonchev–Trinajstić information content (AvgIpc) is 3.45. The number of carbonyl (C=O) groups is 2. The minimum Gasteiger partial charge on any atom is -0.478 e. The summed E-state index contributed by atoms with van der Waals surface area (Å²) >= 11 is 1.33. The lowest BCUT2D eigenvalue weighted by molar-refractivity contribution is 0.0692. The van der Waals surface area contributed by atoms with Crippen LogP contribution in [0.3, 0.4) is 0 Å². The molecule has 1 aliphatic rings. The van der Waals surface area contributed by atoms with E-state index in [1.807, 2.05) is 49.4 Å². The molecule has 0 unspecified atom stereocenters. The number of carboxylic acids is 1. The lowest BCUT2D eigenvalue weighted by Gasteiger charge is -2.32. The van der Waals surface area contributed by atoms with Crippen LogP contribution in [-0.4, -0.2) is 31.8 Å². The Morgan fingerprint density at radius 1 is 1.08 bits per heavy atom. The van der Waals surface area contributed by atoms with Crippen molar-refractivity contribution < 1.29 is 19.4 Å². The third-order valence-electron chi connectivity index (χ3n) is 6.46. The molecular formula is C28H25N3O4S. The number of H-pyrrole nitrogens is 1. The number of imidazole rings is 1. The number of hydrogen-bond donors (Lipinski definition) is 2. The van der Waals surface area contributed by atoms with Gasteiger partial charge >= 0.3 is 5.97 Å². The number of Topliss-reactive ketones (excluding diaryl/α,β-unsaturated/α-hetero) is 1. The van der Waals surface area contributed by atoms with E-state index in [0.717, 1.165) is 29.5 Å². The molecule has 0 radical (unpaired) electrons. The van der Waals surface area contributed by atoms with E-state index in [0.29, 0.717) is 34.3 Å². The normalized spacial score (nSPS) is 14.6. The molecule has 0 amide bonds. The van der Waals surface area contributed by atoms with Crippen molar-refractivity contribution in [1.82, 2.24) is 15.0 Å². The largest absolute Gasteiger partial charge is 0.478 e. The second-order valence-corrected chi connectivity index (χ2v) is 9.70. The molecule has 0 saturated heterocycles. The molecule has 0 fully saturated rings. The molecule has 36 heavy (non-hydrogen) atoms. The summed E-state index contributed by atoms with van der Waals surface area (Å²) in [4.78, 5) is 36.4. The van der Waals surface area contributed by atoms with E-state index in [-0.39, 0.29) is 11.3 Å². The van der Waals surface area contributed by atoms with E-state index >= 15 is 0 Å². The fourth-order valence-corrected chi connectivity index (χ4v) is 5.63. The number of aromatic carboxylic acids is 1. The number of rotatable bonds is 8. The number of benzene rings is 2. The number of aromatic amines is 1. The molecule has 7 nitrogen and oxygen atoms in total. The van der Waals surface area contributed by atoms with Gasteiger partial charge in [-0.15, -0.1) is 11.8 Å². The molecule has 1 aliphatic carbocycles. The number of carboxylic acid groups (broad SMARTS) is 1. The van der Waals surface area contributed by atoms with E-state index in [2.05, 4.69) is 15.0 Å². The average molecular weight is 500 g/mol. The zero-order chi connectivity index (χ0) is 25.1. The molecule has 2 N–H and O–H groups in total. The number of aromatic nitrogens is 3. The van der Waals surface area contributed by atoms with Crippen molar-refractivity contribution in [2.75, 3.05) is 0 Å². The molecule has 0 saturated carbocycles. The smallest absolute Gasteiger partial charge is 0.338 e. The summed E-state index contributed by atoms with van der Waals surface area (Å²) < 4.78 is 6.78. The van der Waals surface area contributed by atoms with Crippen molar-refractivity contribution in [3.8, 4) is 5.75 Å². The van der Waals surface area contributed by atoms with Gasteiger partial charge in [0.2, 0.25) is 0 Å². The van der Waals surface area contributed by atoms with E-state index in [9.17, 15) is 14.7 Å². The highest BCUT2D eigenvalue weighted by Crippen LogP contribution is 2.40. The van der Waals surface area contributed by atoms with Crippen LogP contribution in [0.25, 0.3) is 0 Å². The predicted molar refractivity (Wildman–Crippen MR) is 137 cm³/mol. The molecule has 4 aromatic rings. The number of pyridine rings is 1. The molecule has 5 rings (SSSR count). The number of carbonyl (C=O) groups excluding carboxylic acids is 1. The van der Waals surface area contributed by atoms with Crippen LogP contribution in [0.2, 0.25) is 0 Å². The van der Waals surface area contributed by atoms with Crippen molar-refractivity contribution in [2.24, 2.45) is 0 Å². The highest BCUT2D eigenvalue weighted by atomic mass is 32.2. The Balaban J connectivity index is 1.59. The molecule has 2 aromatic heterocycles. The maximum absolute atomic E-state index is 12.7. The second kappa shape index (κ2) is 9.99. The predicted octanol–water partition coefficient (Wildman–Crippen LogP) is 5.66. The van der Waals surface area contributed by atoms with Gasteiger partial charge in [-0.25, -0.2) is 14.8 Å². The number of thioether (sulfide) groups is 1. The number of ketones is 1. The van der Waals surface area contributed by atoms with E-state index in [1.54, 1.807) is 30.7 Å². The lowest BCUT2D eigenvalue weighted by atomic mass is 9.87. The molecule has 8 heteroatoms. The summed E-state index contributed by atoms with van der Waals surface area (Å²) in [7, 11) is 0. The van der Waals surface area contributed by atoms with Crippen molar-refractivity contribution in [3.05, 3.63) is 107 Å². The second-order valence-electron chi connectivity index (χ2n) is 8.73. The first-order valence-electron chi connectivity index (χ1n) is 11.7. The SMILES string of the molecule is C[C@](Oc1ccc2c(c1CSc1ncccc1C(=O)O)CCCC2=O)(c1ccccc1)c1ncc[nH]1. The van der Waals surface area contributed by atoms with Crippen LogP contribution in [0.5, 0.6) is 5.75 Å². The van der Waals surface area contributed by atoms with Gasteiger partial charge in [0.1, 0.15) is 10.8 Å². The summed E-state index contributed by atoms with van der Waals surface area (Å²) in [6.07, 6.45) is 7.08. The van der Waals surface area contributed by atoms with Gasteiger partial charge in [0.05, 0.1) is 5.56 Å². The number of nitrogens with zero attached hydrogens (tertiary/aromatic N) is 2. The minimum atomic E-state index is -1.03. The van der Waals surface area contributed by atoms with Gasteiger partial charge in [-0.2, -0.15) is 0 Å². The Morgan fingerprint density at radius 2 is 1.92 bits per heavy atom. The fourth-order valence-electron chi connectivity index (χ4n) is 4.59. The van der Waals surface area contributed by atoms with Crippen molar-refractivity contribution in [3.63, 3.8) is 0 Å². The first-order chi connectivity index (χ1) is 17.5. The Bertz CT molecular complexity index is 1410. The maximum atomic E-state index is 12.7. The topological polar surface area (TPSA) is 105 Å². The number of ether oxygens (including phenoxy) is 1. The van der Waals surface area contributed by atoms with Crippen molar-refractivity contribution >= 4 is 23.5 Å². The standard InChI is InChI=1S/C28H25N3O4S/c1-28(27-30-15-16-31-27,18-7-3-2-4-8-18)35-24-13-12-20-19(9-5-11-23(20)32)22(24)17-36-25-21(26(33)34)10-6-14-29-25/h2-4,6-8,10,12-16H,5,9,11,17H2,1H3,(H,30,31)(H,33,34)/t28-/m0/s1. The summed E-state index contributed by atoms with van der Waals surface area (Å²) in [5.74, 6) is 0.786. The monoisotopic (exact) mass is 499 g/mol. The minimum absolute atomic E-state index is 0.120. The van der Waals surface area contributed by atoms with Crippen molar-refractivity contribution in [1.29, 1.82) is 0 Å².